The summed E-state index contributed by atoms with van der Waals surface area (Å²) >= 11 is 3.46. The maximum absolute atomic E-state index is 11.6. The lowest BCUT2D eigenvalue weighted by Crippen LogP contribution is -2.42. The highest BCUT2D eigenvalue weighted by atomic mass is 79.9. The van der Waals surface area contributed by atoms with Crippen molar-refractivity contribution in [3.05, 3.63) is 22.7 Å². The minimum Gasteiger partial charge on any atom is -0.382 e. The van der Waals surface area contributed by atoms with Gasteiger partial charge in [0, 0.05) is 23.6 Å². The van der Waals surface area contributed by atoms with Gasteiger partial charge >= 0.3 is 0 Å². The first-order valence-corrected chi connectivity index (χ1v) is 8.67. The van der Waals surface area contributed by atoms with Crippen LogP contribution < -0.4 is 10.2 Å². The third-order valence-corrected chi connectivity index (χ3v) is 5.83. The number of hydrogen-bond acceptors (Lipinski definition) is 4. The Morgan fingerprint density at radius 3 is 2.94 bits per heavy atom. The van der Waals surface area contributed by atoms with E-state index in [1.807, 2.05) is 12.1 Å². The average molecular weight is 331 g/mol. The van der Waals surface area contributed by atoms with Crippen LogP contribution in [0.3, 0.4) is 0 Å². The van der Waals surface area contributed by atoms with Gasteiger partial charge in [-0.15, -0.1) is 0 Å². The number of benzene rings is 1. The van der Waals surface area contributed by atoms with Crippen molar-refractivity contribution in [1.29, 1.82) is 0 Å². The summed E-state index contributed by atoms with van der Waals surface area (Å²) in [6.45, 7) is 1.73. The average Bonchev–Trinajstić information content (AvgIpc) is 2.68. The zero-order valence-corrected chi connectivity index (χ0v) is 12.3. The molecular weight excluding hydrogens is 316 g/mol. The largest absolute Gasteiger partial charge is 0.382 e. The van der Waals surface area contributed by atoms with Crippen LogP contribution in [0.1, 0.15) is 6.42 Å². The molecule has 1 unspecified atom stereocenters. The summed E-state index contributed by atoms with van der Waals surface area (Å²) in [5, 5.41) is 3.36. The number of rotatable bonds is 1. The van der Waals surface area contributed by atoms with Crippen LogP contribution in [-0.2, 0) is 9.84 Å². The van der Waals surface area contributed by atoms with Crippen molar-refractivity contribution < 1.29 is 8.42 Å². The van der Waals surface area contributed by atoms with Crippen molar-refractivity contribution in [2.24, 2.45) is 0 Å². The molecule has 18 heavy (non-hydrogen) atoms. The van der Waals surface area contributed by atoms with Crippen molar-refractivity contribution in [1.82, 2.24) is 0 Å². The second kappa shape index (κ2) is 4.42. The van der Waals surface area contributed by atoms with Crippen LogP contribution >= 0.6 is 15.9 Å². The van der Waals surface area contributed by atoms with Gasteiger partial charge < -0.3 is 10.2 Å². The van der Waals surface area contributed by atoms with Crippen LogP contribution in [0.5, 0.6) is 0 Å². The van der Waals surface area contributed by atoms with Crippen LogP contribution in [0.15, 0.2) is 22.7 Å². The van der Waals surface area contributed by atoms with E-state index < -0.39 is 9.84 Å². The van der Waals surface area contributed by atoms with Crippen LogP contribution in [0.2, 0.25) is 0 Å². The molecule has 0 saturated carbocycles. The molecule has 0 radical (unpaired) electrons. The van der Waals surface area contributed by atoms with E-state index in [0.717, 1.165) is 35.4 Å². The Labute approximate surface area is 115 Å². The van der Waals surface area contributed by atoms with Crippen LogP contribution in [0.4, 0.5) is 11.4 Å². The van der Waals surface area contributed by atoms with Gasteiger partial charge in [0.15, 0.2) is 9.84 Å². The summed E-state index contributed by atoms with van der Waals surface area (Å²) < 4.78 is 24.2. The molecule has 0 aliphatic carbocycles. The monoisotopic (exact) mass is 330 g/mol. The van der Waals surface area contributed by atoms with E-state index in [1.165, 1.54) is 0 Å². The molecule has 3 rings (SSSR count). The Hall–Kier alpha value is -0.750. The number of anilines is 2. The van der Waals surface area contributed by atoms with Gasteiger partial charge in [0.2, 0.25) is 0 Å². The van der Waals surface area contributed by atoms with E-state index in [4.69, 9.17) is 0 Å². The zero-order chi connectivity index (χ0) is 12.8. The molecule has 0 spiro atoms. The molecule has 1 aromatic rings. The molecule has 1 aromatic carbocycles. The van der Waals surface area contributed by atoms with Gasteiger partial charge in [-0.1, -0.05) is 15.9 Å². The van der Waals surface area contributed by atoms with E-state index in [1.54, 1.807) is 0 Å². The second-order valence-electron chi connectivity index (χ2n) is 4.84. The molecule has 1 atom stereocenters. The third-order valence-electron chi connectivity index (χ3n) is 3.59. The van der Waals surface area contributed by atoms with E-state index in [9.17, 15) is 8.42 Å². The fourth-order valence-electron chi connectivity index (χ4n) is 2.73. The minimum atomic E-state index is -2.83. The zero-order valence-electron chi connectivity index (χ0n) is 9.89. The number of sulfone groups is 1. The summed E-state index contributed by atoms with van der Waals surface area (Å²) in [6.07, 6.45) is 0.748. The van der Waals surface area contributed by atoms with E-state index in [2.05, 4.69) is 32.2 Å². The first kappa shape index (κ1) is 12.3. The molecule has 1 fully saturated rings. The van der Waals surface area contributed by atoms with Crippen LogP contribution in [0, 0.1) is 0 Å². The topological polar surface area (TPSA) is 49.4 Å². The van der Waals surface area contributed by atoms with Crippen molar-refractivity contribution in [3.8, 4) is 0 Å². The van der Waals surface area contributed by atoms with Crippen molar-refractivity contribution in [3.63, 3.8) is 0 Å². The summed E-state index contributed by atoms with van der Waals surface area (Å²) in [6, 6.07) is 6.24. The lowest BCUT2D eigenvalue weighted by atomic mass is 10.1. The molecule has 0 aromatic heterocycles. The van der Waals surface area contributed by atoms with Crippen LogP contribution in [0.25, 0.3) is 0 Å². The number of nitrogens with one attached hydrogen (secondary N) is 1. The first-order chi connectivity index (χ1) is 8.55. The predicted molar refractivity (Wildman–Crippen MR) is 77.0 cm³/mol. The maximum Gasteiger partial charge on any atom is 0.152 e. The molecule has 0 bridgehead atoms. The number of fused-ring (bicyclic) bond motifs is 1. The van der Waals surface area contributed by atoms with Crippen molar-refractivity contribution in [2.75, 3.05) is 34.8 Å². The summed E-state index contributed by atoms with van der Waals surface area (Å²) in [7, 11) is -2.83. The quantitative estimate of drug-likeness (QED) is 0.854. The van der Waals surface area contributed by atoms with Gasteiger partial charge in [0.05, 0.1) is 22.9 Å². The highest BCUT2D eigenvalue weighted by Gasteiger charge is 2.34. The van der Waals surface area contributed by atoms with Gasteiger partial charge in [-0.2, -0.15) is 0 Å². The van der Waals surface area contributed by atoms with Gasteiger partial charge in [0.25, 0.3) is 0 Å². The second-order valence-corrected chi connectivity index (χ2v) is 7.98. The van der Waals surface area contributed by atoms with Gasteiger partial charge in [-0.25, -0.2) is 8.42 Å². The standard InChI is InChI=1S/C12H15BrN2O2S/c13-9-1-2-12-11(7-9)14-4-5-15(12)10-3-6-18(16,17)8-10/h1-2,7,10,14H,3-6,8H2. The molecule has 2 heterocycles. The fourth-order valence-corrected chi connectivity index (χ4v) is 4.82. The SMILES string of the molecule is O=S1(=O)CCC(N2CCNc3cc(Br)ccc32)C1. The Balaban J connectivity index is 1.92. The normalized spacial score (nSPS) is 25.6. The molecule has 1 N–H and O–H groups in total. The van der Waals surface area contributed by atoms with E-state index in [0.29, 0.717) is 11.5 Å². The molecule has 6 heteroatoms. The lowest BCUT2D eigenvalue weighted by molar-refractivity contribution is 0.599. The number of nitrogens with zero attached hydrogens (tertiary/aromatic N) is 1. The van der Waals surface area contributed by atoms with Gasteiger partial charge in [0.1, 0.15) is 0 Å². The predicted octanol–water partition coefficient (Wildman–Crippen LogP) is 1.87. The first-order valence-electron chi connectivity index (χ1n) is 6.06. The Morgan fingerprint density at radius 1 is 1.39 bits per heavy atom. The Bertz CT molecular complexity index is 573. The number of hydrogen-bond donors (Lipinski definition) is 1. The molecule has 98 valence electrons. The van der Waals surface area contributed by atoms with Gasteiger partial charge in [-0.3, -0.25) is 0 Å². The van der Waals surface area contributed by atoms with Gasteiger partial charge in [-0.05, 0) is 24.6 Å². The highest BCUT2D eigenvalue weighted by Crippen LogP contribution is 2.35. The van der Waals surface area contributed by atoms with Crippen molar-refractivity contribution in [2.45, 2.75) is 12.5 Å². The maximum atomic E-state index is 11.6. The summed E-state index contributed by atoms with van der Waals surface area (Å²) in [5.41, 5.74) is 2.20. The van der Waals surface area contributed by atoms with Crippen LogP contribution in [-0.4, -0.2) is 39.1 Å². The third kappa shape index (κ3) is 2.23. The Morgan fingerprint density at radius 2 is 2.22 bits per heavy atom. The van der Waals surface area contributed by atoms with E-state index in [-0.39, 0.29) is 6.04 Å². The molecule has 4 nitrogen and oxygen atoms in total. The lowest BCUT2D eigenvalue weighted by Gasteiger charge is -2.36. The Kier molecular flexibility index (Phi) is 3.02. The highest BCUT2D eigenvalue weighted by molar-refractivity contribution is 9.10. The van der Waals surface area contributed by atoms with E-state index >= 15 is 0 Å². The molecule has 0 amide bonds. The number of halogens is 1. The smallest absolute Gasteiger partial charge is 0.152 e. The summed E-state index contributed by atoms with van der Waals surface area (Å²) in [4.78, 5) is 2.24. The minimum absolute atomic E-state index is 0.136. The molecule has 2 aliphatic heterocycles. The molecule has 1 saturated heterocycles. The molecule has 2 aliphatic rings. The van der Waals surface area contributed by atoms with Crippen molar-refractivity contribution >= 4 is 37.1 Å². The summed E-state index contributed by atoms with van der Waals surface area (Å²) in [5.74, 6) is 0.621. The fraction of sp³-hybridized carbons (Fsp3) is 0.500. The molecular formula is C12H15BrN2O2S.